The predicted molar refractivity (Wildman–Crippen MR) is 92.0 cm³/mol. The van der Waals surface area contributed by atoms with Gasteiger partial charge in [-0.1, -0.05) is 23.2 Å². The molecule has 126 valence electrons. The number of nitrogens with zero attached hydrogens (tertiary/aromatic N) is 1. The smallest absolute Gasteiger partial charge is 0.186 e. The van der Waals surface area contributed by atoms with Crippen molar-refractivity contribution >= 4 is 29.3 Å². The van der Waals surface area contributed by atoms with Crippen LogP contribution in [0.2, 0.25) is 10.0 Å². The van der Waals surface area contributed by atoms with Gasteiger partial charge in [-0.3, -0.25) is 4.90 Å². The highest BCUT2D eigenvalue weighted by atomic mass is 35.5. The number of rotatable bonds is 5. The van der Waals surface area contributed by atoms with E-state index in [0.29, 0.717) is 28.9 Å². The van der Waals surface area contributed by atoms with Crippen molar-refractivity contribution < 1.29 is 14.9 Å². The number of aliphatic hydroxyl groups is 2. The van der Waals surface area contributed by atoms with Crippen molar-refractivity contribution in [3.8, 4) is 5.75 Å². The number of benzene rings is 1. The van der Waals surface area contributed by atoms with Crippen LogP contribution in [-0.2, 0) is 0 Å². The van der Waals surface area contributed by atoms with Crippen molar-refractivity contribution in [2.75, 3.05) is 26.3 Å². The summed E-state index contributed by atoms with van der Waals surface area (Å²) < 4.78 is 6.42. The normalized spacial score (nSPS) is 23.1. The molecule has 2 N–H and O–H groups in total. The minimum absolute atomic E-state index is 0.0135. The zero-order valence-corrected chi connectivity index (χ0v) is 14.4. The van der Waals surface area contributed by atoms with E-state index in [1.165, 1.54) is 0 Å². The van der Waals surface area contributed by atoms with Crippen LogP contribution >= 0.6 is 23.2 Å². The summed E-state index contributed by atoms with van der Waals surface area (Å²) >= 11 is 12.5. The first-order chi connectivity index (χ1) is 11.1. The largest absolute Gasteiger partial charge is 0.466 e. The molecule has 1 heterocycles. The first kappa shape index (κ1) is 17.1. The van der Waals surface area contributed by atoms with Crippen LogP contribution in [0.3, 0.4) is 0 Å². The minimum atomic E-state index is -0.631. The Morgan fingerprint density at radius 2 is 1.87 bits per heavy atom. The molecule has 6 heteroatoms. The molecule has 1 atom stereocenters. The van der Waals surface area contributed by atoms with Gasteiger partial charge in [0.2, 0.25) is 0 Å². The molecular formula is C17H21Cl2NO3. The van der Waals surface area contributed by atoms with Crippen LogP contribution in [0.4, 0.5) is 0 Å². The highest BCUT2D eigenvalue weighted by Crippen LogP contribution is 2.48. The summed E-state index contributed by atoms with van der Waals surface area (Å²) in [7, 11) is 0. The van der Waals surface area contributed by atoms with Crippen LogP contribution in [0.15, 0.2) is 17.7 Å². The van der Waals surface area contributed by atoms with Gasteiger partial charge in [0, 0.05) is 30.1 Å². The first-order valence-corrected chi connectivity index (χ1v) is 8.72. The fourth-order valence-corrected chi connectivity index (χ4v) is 4.18. The van der Waals surface area contributed by atoms with E-state index in [1.54, 1.807) is 6.07 Å². The van der Waals surface area contributed by atoms with Crippen molar-refractivity contribution in [3.05, 3.63) is 33.3 Å². The van der Waals surface area contributed by atoms with Gasteiger partial charge in [0.1, 0.15) is 5.75 Å². The van der Waals surface area contributed by atoms with Crippen molar-refractivity contribution in [3.63, 3.8) is 0 Å². The van der Waals surface area contributed by atoms with Gasteiger partial charge in [-0.05, 0) is 43.0 Å². The lowest BCUT2D eigenvalue weighted by atomic mass is 9.82. The molecule has 0 amide bonds. The second kappa shape index (κ2) is 6.99. The van der Waals surface area contributed by atoms with E-state index >= 15 is 0 Å². The number of hydrogen-bond donors (Lipinski definition) is 2. The van der Waals surface area contributed by atoms with E-state index in [4.69, 9.17) is 27.9 Å². The number of aliphatic hydroxyl groups excluding tert-OH is 2. The predicted octanol–water partition coefficient (Wildman–Crippen LogP) is 3.33. The Kier molecular flexibility index (Phi) is 5.19. The van der Waals surface area contributed by atoms with Gasteiger partial charge in [-0.2, -0.15) is 0 Å². The lowest BCUT2D eigenvalue weighted by Crippen LogP contribution is -2.58. The van der Waals surface area contributed by atoms with E-state index in [1.807, 2.05) is 11.0 Å². The van der Waals surface area contributed by atoms with Crippen molar-refractivity contribution in [2.45, 2.75) is 31.4 Å². The van der Waals surface area contributed by atoms with E-state index in [9.17, 15) is 10.2 Å². The van der Waals surface area contributed by atoms with Gasteiger partial charge >= 0.3 is 0 Å². The van der Waals surface area contributed by atoms with Gasteiger partial charge in [0.25, 0.3) is 0 Å². The fourth-order valence-electron chi connectivity index (χ4n) is 3.63. The molecule has 1 unspecified atom stereocenters. The maximum absolute atomic E-state index is 9.43. The summed E-state index contributed by atoms with van der Waals surface area (Å²) in [5.41, 5.74) is 1.42. The molecule has 3 rings (SSSR count). The van der Waals surface area contributed by atoms with E-state index in [0.717, 1.165) is 36.8 Å². The summed E-state index contributed by atoms with van der Waals surface area (Å²) in [4.78, 5) is 2.02. The Morgan fingerprint density at radius 3 is 2.57 bits per heavy atom. The van der Waals surface area contributed by atoms with Gasteiger partial charge in [-0.15, -0.1) is 0 Å². The Balaban J connectivity index is 2.08. The zero-order chi connectivity index (χ0) is 16.4. The second-order valence-corrected chi connectivity index (χ2v) is 6.85. The van der Waals surface area contributed by atoms with Gasteiger partial charge in [0.15, 0.2) is 5.72 Å². The summed E-state index contributed by atoms with van der Waals surface area (Å²) in [5, 5.41) is 19.9. The van der Waals surface area contributed by atoms with Crippen molar-refractivity contribution in [1.29, 1.82) is 0 Å². The molecule has 0 aromatic heterocycles. The standard InChI is InChI=1S/C17H21Cl2NO3/c18-14-10-12-9-13-3-1-2-4-17(13,20(5-7-21)6-8-22)23-16(12)15(19)11-14/h9-11,21-22H,1-8H2. The summed E-state index contributed by atoms with van der Waals surface area (Å²) in [6.07, 6.45) is 5.99. The van der Waals surface area contributed by atoms with E-state index in [2.05, 4.69) is 6.08 Å². The van der Waals surface area contributed by atoms with Gasteiger partial charge in [-0.25, -0.2) is 0 Å². The Morgan fingerprint density at radius 1 is 1.13 bits per heavy atom. The molecule has 0 saturated heterocycles. The van der Waals surface area contributed by atoms with Crippen LogP contribution in [0.5, 0.6) is 5.75 Å². The number of hydrogen-bond acceptors (Lipinski definition) is 4. The molecule has 1 saturated carbocycles. The third-order valence-corrected chi connectivity index (χ3v) is 5.10. The molecule has 4 nitrogen and oxygen atoms in total. The Hall–Kier alpha value is -0.780. The molecule has 1 fully saturated rings. The minimum Gasteiger partial charge on any atom is -0.466 e. The molecular weight excluding hydrogens is 337 g/mol. The van der Waals surface area contributed by atoms with Crippen LogP contribution in [0, 0.1) is 0 Å². The molecule has 1 aromatic carbocycles. The average molecular weight is 358 g/mol. The molecule has 2 aliphatic rings. The lowest BCUT2D eigenvalue weighted by Gasteiger charge is -2.49. The maximum atomic E-state index is 9.43. The Labute approximate surface area is 146 Å². The number of halogens is 2. The second-order valence-electron chi connectivity index (χ2n) is 6.00. The first-order valence-electron chi connectivity index (χ1n) is 7.96. The molecule has 1 aliphatic heterocycles. The highest BCUT2D eigenvalue weighted by Gasteiger charge is 2.46. The summed E-state index contributed by atoms with van der Waals surface area (Å²) in [6, 6.07) is 3.54. The summed E-state index contributed by atoms with van der Waals surface area (Å²) in [5.74, 6) is 0.627. The van der Waals surface area contributed by atoms with E-state index < -0.39 is 5.72 Å². The topological polar surface area (TPSA) is 52.9 Å². The molecule has 1 aliphatic carbocycles. The van der Waals surface area contributed by atoms with Crippen molar-refractivity contribution in [2.24, 2.45) is 0 Å². The third-order valence-electron chi connectivity index (χ3n) is 4.60. The van der Waals surface area contributed by atoms with Crippen LogP contribution in [0.25, 0.3) is 6.08 Å². The van der Waals surface area contributed by atoms with Crippen LogP contribution in [0.1, 0.15) is 31.2 Å². The van der Waals surface area contributed by atoms with Gasteiger partial charge < -0.3 is 14.9 Å². The third kappa shape index (κ3) is 3.11. The molecule has 1 aromatic rings. The molecule has 0 bridgehead atoms. The highest BCUT2D eigenvalue weighted by molar-refractivity contribution is 6.36. The monoisotopic (exact) mass is 357 g/mol. The SMILES string of the molecule is OCCN(CCO)C12CCCCC1=Cc1cc(Cl)cc(Cl)c1O2. The number of fused-ring (bicyclic) bond motifs is 2. The van der Waals surface area contributed by atoms with Crippen molar-refractivity contribution in [1.82, 2.24) is 4.90 Å². The quantitative estimate of drug-likeness (QED) is 0.848. The Bertz CT molecular complexity index is 614. The maximum Gasteiger partial charge on any atom is 0.186 e. The number of ether oxygens (including phenoxy) is 1. The average Bonchev–Trinajstić information content (AvgIpc) is 2.53. The molecule has 0 radical (unpaired) electrons. The van der Waals surface area contributed by atoms with Gasteiger partial charge in [0.05, 0.1) is 18.2 Å². The zero-order valence-electron chi connectivity index (χ0n) is 12.9. The molecule has 23 heavy (non-hydrogen) atoms. The summed E-state index contributed by atoms with van der Waals surface area (Å²) in [6.45, 7) is 0.913. The van der Waals surface area contributed by atoms with Crippen LogP contribution in [-0.4, -0.2) is 47.1 Å². The fraction of sp³-hybridized carbons (Fsp3) is 0.529. The van der Waals surface area contributed by atoms with Crippen LogP contribution < -0.4 is 4.74 Å². The lowest BCUT2D eigenvalue weighted by molar-refractivity contribution is -0.0843. The van der Waals surface area contributed by atoms with E-state index in [-0.39, 0.29) is 13.2 Å². The molecule has 0 spiro atoms.